The molecule has 4 N–H and O–H groups in total. The molecule has 1 fully saturated rings. The minimum Gasteiger partial charge on any atom is -0.388 e. The first-order valence-electron chi connectivity index (χ1n) is 3.50. The lowest BCUT2D eigenvalue weighted by Gasteiger charge is -2.34. The van der Waals surface area contributed by atoms with Crippen molar-refractivity contribution in [3.8, 4) is 0 Å². The van der Waals surface area contributed by atoms with Crippen LogP contribution in [0.4, 0.5) is 0 Å². The summed E-state index contributed by atoms with van der Waals surface area (Å²) in [5.41, 5.74) is 0. The van der Waals surface area contributed by atoms with E-state index in [1.54, 1.807) is 7.05 Å². The van der Waals surface area contributed by atoms with Crippen molar-refractivity contribution in [2.24, 2.45) is 0 Å². The molecule has 5 heteroatoms. The molecule has 5 nitrogen and oxygen atoms in total. The van der Waals surface area contributed by atoms with Crippen LogP contribution in [0.25, 0.3) is 0 Å². The first-order chi connectivity index (χ1) is 5.16. The van der Waals surface area contributed by atoms with Gasteiger partial charge in [0.2, 0.25) is 0 Å². The maximum Gasteiger partial charge on any atom is 0.136 e. The molecular formula is C6H13NO4. The van der Waals surface area contributed by atoms with Gasteiger partial charge in [-0.15, -0.1) is 0 Å². The molecule has 0 amide bonds. The van der Waals surface area contributed by atoms with E-state index < -0.39 is 24.5 Å². The smallest absolute Gasteiger partial charge is 0.136 e. The highest BCUT2D eigenvalue weighted by atomic mass is 16.5. The largest absolute Gasteiger partial charge is 0.388 e. The van der Waals surface area contributed by atoms with Crippen LogP contribution in [0.15, 0.2) is 0 Å². The van der Waals surface area contributed by atoms with Gasteiger partial charge in [-0.2, -0.15) is 0 Å². The average molecular weight is 163 g/mol. The summed E-state index contributed by atoms with van der Waals surface area (Å²) in [4.78, 5) is 0. The van der Waals surface area contributed by atoms with Gasteiger partial charge in [0.15, 0.2) is 0 Å². The molecule has 0 radical (unpaired) electrons. The number of aliphatic hydroxyl groups is 3. The van der Waals surface area contributed by atoms with Gasteiger partial charge in [-0.05, 0) is 7.05 Å². The van der Waals surface area contributed by atoms with Crippen molar-refractivity contribution in [2.75, 3.05) is 13.7 Å². The van der Waals surface area contributed by atoms with Crippen LogP contribution in [0.2, 0.25) is 0 Å². The quantitative estimate of drug-likeness (QED) is 0.348. The van der Waals surface area contributed by atoms with Gasteiger partial charge in [-0.25, -0.2) is 0 Å². The standard InChI is InChI=1S/C6H13NO4/c1-7-6-5(10)4(9)3(8)2-11-6/h3-10H,2H2,1H3. The Labute approximate surface area is 64.6 Å². The van der Waals surface area contributed by atoms with Gasteiger partial charge in [-0.3, -0.25) is 5.32 Å². The molecule has 11 heavy (non-hydrogen) atoms. The Kier molecular flexibility index (Phi) is 2.80. The molecule has 0 spiro atoms. The molecule has 0 saturated carbocycles. The highest BCUT2D eigenvalue weighted by Gasteiger charge is 2.36. The van der Waals surface area contributed by atoms with Crippen LogP contribution in [0.3, 0.4) is 0 Å². The van der Waals surface area contributed by atoms with Gasteiger partial charge < -0.3 is 20.1 Å². The van der Waals surface area contributed by atoms with E-state index in [0.717, 1.165) is 0 Å². The predicted molar refractivity (Wildman–Crippen MR) is 36.8 cm³/mol. The molecule has 0 aromatic rings. The minimum atomic E-state index is -1.12. The lowest BCUT2D eigenvalue weighted by molar-refractivity contribution is -0.193. The van der Waals surface area contributed by atoms with Crippen LogP contribution in [-0.4, -0.2) is 53.5 Å². The Bertz CT molecular complexity index is 130. The Morgan fingerprint density at radius 1 is 1.27 bits per heavy atom. The molecule has 1 heterocycles. The minimum absolute atomic E-state index is 0.0454. The highest BCUT2D eigenvalue weighted by Crippen LogP contribution is 2.12. The Morgan fingerprint density at radius 2 is 1.91 bits per heavy atom. The zero-order valence-electron chi connectivity index (χ0n) is 6.27. The lowest BCUT2D eigenvalue weighted by atomic mass is 10.0. The Morgan fingerprint density at radius 3 is 2.45 bits per heavy atom. The summed E-state index contributed by atoms with van der Waals surface area (Å²) >= 11 is 0. The molecular weight excluding hydrogens is 150 g/mol. The van der Waals surface area contributed by atoms with E-state index in [9.17, 15) is 5.11 Å². The molecule has 0 aliphatic carbocycles. The summed E-state index contributed by atoms with van der Waals surface area (Å²) in [5, 5.41) is 30.0. The SMILES string of the molecule is CNC1OCC(O)C(O)C1O. The summed E-state index contributed by atoms with van der Waals surface area (Å²) in [7, 11) is 1.61. The fourth-order valence-corrected chi connectivity index (χ4v) is 1.06. The van der Waals surface area contributed by atoms with E-state index in [4.69, 9.17) is 14.9 Å². The monoisotopic (exact) mass is 163 g/mol. The van der Waals surface area contributed by atoms with Crippen LogP contribution in [0, 0.1) is 0 Å². The summed E-state index contributed by atoms with van der Waals surface area (Å²) in [6, 6.07) is 0. The number of rotatable bonds is 1. The maximum atomic E-state index is 9.21. The molecule has 4 unspecified atom stereocenters. The molecule has 0 aromatic carbocycles. The third kappa shape index (κ3) is 1.69. The van der Waals surface area contributed by atoms with Crippen LogP contribution in [-0.2, 0) is 4.74 Å². The average Bonchev–Trinajstić information content (AvgIpc) is 2.01. The molecule has 1 aliphatic heterocycles. The molecule has 4 atom stereocenters. The van der Waals surface area contributed by atoms with Gasteiger partial charge in [0.05, 0.1) is 6.61 Å². The summed E-state index contributed by atoms with van der Waals surface area (Å²) in [6.07, 6.45) is -3.77. The Hall–Kier alpha value is -0.200. The predicted octanol–water partition coefficient (Wildman–Crippen LogP) is -2.36. The van der Waals surface area contributed by atoms with Crippen LogP contribution in [0.1, 0.15) is 0 Å². The van der Waals surface area contributed by atoms with E-state index in [1.165, 1.54) is 0 Å². The number of hydrogen-bond acceptors (Lipinski definition) is 5. The second-order valence-electron chi connectivity index (χ2n) is 2.59. The topological polar surface area (TPSA) is 82.0 Å². The van der Waals surface area contributed by atoms with Gasteiger partial charge in [0, 0.05) is 0 Å². The zero-order chi connectivity index (χ0) is 8.43. The fourth-order valence-electron chi connectivity index (χ4n) is 1.06. The summed E-state index contributed by atoms with van der Waals surface area (Å²) in [6.45, 7) is 0.0454. The van der Waals surface area contributed by atoms with Crippen LogP contribution < -0.4 is 5.32 Å². The van der Waals surface area contributed by atoms with Gasteiger partial charge in [0.1, 0.15) is 24.5 Å². The molecule has 1 saturated heterocycles. The van der Waals surface area contributed by atoms with Gasteiger partial charge in [-0.1, -0.05) is 0 Å². The van der Waals surface area contributed by atoms with Crippen molar-refractivity contribution in [2.45, 2.75) is 24.5 Å². The normalized spacial score (nSPS) is 45.8. The third-order valence-electron chi connectivity index (χ3n) is 1.79. The third-order valence-corrected chi connectivity index (χ3v) is 1.79. The van der Waals surface area contributed by atoms with E-state index >= 15 is 0 Å². The fraction of sp³-hybridized carbons (Fsp3) is 1.00. The number of hydrogen-bond donors (Lipinski definition) is 4. The first-order valence-corrected chi connectivity index (χ1v) is 3.50. The van der Waals surface area contributed by atoms with Crippen molar-refractivity contribution < 1.29 is 20.1 Å². The molecule has 0 bridgehead atoms. The van der Waals surface area contributed by atoms with E-state index in [-0.39, 0.29) is 6.61 Å². The molecule has 1 aliphatic rings. The second-order valence-corrected chi connectivity index (χ2v) is 2.59. The molecule has 1 rings (SSSR count). The molecule has 0 aromatic heterocycles. The first kappa shape index (κ1) is 8.89. The van der Waals surface area contributed by atoms with E-state index in [2.05, 4.69) is 5.32 Å². The van der Waals surface area contributed by atoms with E-state index in [1.807, 2.05) is 0 Å². The second kappa shape index (κ2) is 3.46. The van der Waals surface area contributed by atoms with E-state index in [0.29, 0.717) is 0 Å². The zero-order valence-corrected chi connectivity index (χ0v) is 6.27. The van der Waals surface area contributed by atoms with Gasteiger partial charge in [0.25, 0.3) is 0 Å². The number of ether oxygens (including phenoxy) is 1. The van der Waals surface area contributed by atoms with Crippen molar-refractivity contribution in [1.82, 2.24) is 5.32 Å². The van der Waals surface area contributed by atoms with Crippen molar-refractivity contribution >= 4 is 0 Å². The van der Waals surface area contributed by atoms with Crippen LogP contribution in [0.5, 0.6) is 0 Å². The highest BCUT2D eigenvalue weighted by molar-refractivity contribution is 4.84. The number of likely N-dealkylation sites (N-methyl/N-ethyl adjacent to an activating group) is 1. The lowest BCUT2D eigenvalue weighted by Crippen LogP contribution is -2.57. The number of aliphatic hydroxyl groups excluding tert-OH is 3. The maximum absolute atomic E-state index is 9.21. The Balaban J connectivity index is 2.52. The van der Waals surface area contributed by atoms with Gasteiger partial charge >= 0.3 is 0 Å². The molecule has 66 valence electrons. The van der Waals surface area contributed by atoms with Crippen molar-refractivity contribution in [3.05, 3.63) is 0 Å². The summed E-state index contributed by atoms with van der Waals surface area (Å²) in [5.74, 6) is 0. The van der Waals surface area contributed by atoms with Crippen LogP contribution >= 0.6 is 0 Å². The summed E-state index contributed by atoms with van der Waals surface area (Å²) < 4.78 is 4.95. The van der Waals surface area contributed by atoms with Crippen molar-refractivity contribution in [3.63, 3.8) is 0 Å². The number of nitrogens with one attached hydrogen (secondary N) is 1. The van der Waals surface area contributed by atoms with Crippen molar-refractivity contribution in [1.29, 1.82) is 0 Å².